The predicted molar refractivity (Wildman–Crippen MR) is 110 cm³/mol. The van der Waals surface area contributed by atoms with E-state index in [1.807, 2.05) is 51.1 Å². The minimum Gasteiger partial charge on any atom is -0.494 e. The number of ether oxygens (including phenoxy) is 2. The number of carbonyl (C=O) groups excluding carboxylic acids is 3. The molecule has 0 radical (unpaired) electrons. The van der Waals surface area contributed by atoms with Gasteiger partial charge in [-0.25, -0.2) is 4.79 Å². The number of para-hydroxylation sites is 1. The van der Waals surface area contributed by atoms with E-state index < -0.39 is 24.5 Å². The number of rotatable bonds is 8. The zero-order valence-electron chi connectivity index (χ0n) is 16.9. The molecule has 0 heterocycles. The van der Waals surface area contributed by atoms with Crippen LogP contribution in [-0.2, 0) is 20.7 Å². The topological polar surface area (TPSA) is 93.7 Å². The molecule has 0 saturated carbocycles. The molecule has 7 nitrogen and oxygen atoms in total. The van der Waals surface area contributed by atoms with Crippen LogP contribution in [0.25, 0.3) is 0 Å². The molecule has 0 unspecified atom stereocenters. The molecule has 0 spiro atoms. The molecule has 3 amide bonds. The van der Waals surface area contributed by atoms with E-state index in [-0.39, 0.29) is 6.42 Å². The quantitative estimate of drug-likeness (QED) is 0.664. The molecule has 29 heavy (non-hydrogen) atoms. The predicted octanol–water partition coefficient (Wildman–Crippen LogP) is 3.53. The Morgan fingerprint density at radius 2 is 1.76 bits per heavy atom. The van der Waals surface area contributed by atoms with Crippen LogP contribution in [-0.4, -0.2) is 31.1 Å². The van der Waals surface area contributed by atoms with Gasteiger partial charge in [0.15, 0.2) is 6.61 Å². The molecule has 0 atom stereocenters. The Bertz CT molecular complexity index is 879. The number of esters is 1. The number of nitrogens with one attached hydrogen (secondary N) is 2. The maximum absolute atomic E-state index is 11.9. The van der Waals surface area contributed by atoms with Gasteiger partial charge in [-0.1, -0.05) is 24.3 Å². The van der Waals surface area contributed by atoms with Crippen LogP contribution >= 0.6 is 0 Å². The first-order valence-corrected chi connectivity index (χ1v) is 9.43. The summed E-state index contributed by atoms with van der Waals surface area (Å²) in [4.78, 5) is 35.6. The van der Waals surface area contributed by atoms with Crippen molar-refractivity contribution in [2.24, 2.45) is 0 Å². The molecule has 7 heteroatoms. The highest BCUT2D eigenvalue weighted by atomic mass is 16.5. The lowest BCUT2D eigenvalue weighted by molar-refractivity contribution is -0.148. The van der Waals surface area contributed by atoms with Gasteiger partial charge in [0.2, 0.25) is 0 Å². The monoisotopic (exact) mass is 398 g/mol. The molecule has 2 aromatic carbocycles. The average Bonchev–Trinajstić information content (AvgIpc) is 2.68. The molecule has 0 aromatic heterocycles. The van der Waals surface area contributed by atoms with E-state index in [4.69, 9.17) is 9.47 Å². The first-order valence-electron chi connectivity index (χ1n) is 9.43. The average molecular weight is 398 g/mol. The second kappa shape index (κ2) is 10.8. The van der Waals surface area contributed by atoms with E-state index in [1.54, 1.807) is 12.1 Å². The first-order chi connectivity index (χ1) is 13.9. The molecule has 2 rings (SSSR count). The SMILES string of the molecule is CCOc1ccccc1CCC(=O)OCC(=O)NC(=O)Nc1ccc(C)c(C)c1. The molecule has 0 aliphatic heterocycles. The zero-order chi connectivity index (χ0) is 21.2. The van der Waals surface area contributed by atoms with Gasteiger partial charge in [-0.3, -0.25) is 14.9 Å². The first kappa shape index (κ1) is 21.9. The molecular weight excluding hydrogens is 372 g/mol. The van der Waals surface area contributed by atoms with Gasteiger partial charge in [-0.2, -0.15) is 0 Å². The van der Waals surface area contributed by atoms with Crippen molar-refractivity contribution >= 4 is 23.6 Å². The van der Waals surface area contributed by atoms with Gasteiger partial charge in [0.1, 0.15) is 5.75 Å². The van der Waals surface area contributed by atoms with Crippen LogP contribution in [0, 0.1) is 13.8 Å². The van der Waals surface area contributed by atoms with Gasteiger partial charge >= 0.3 is 12.0 Å². The Hall–Kier alpha value is -3.35. The second-order valence-electron chi connectivity index (χ2n) is 6.50. The van der Waals surface area contributed by atoms with Crippen molar-refractivity contribution in [1.82, 2.24) is 5.32 Å². The molecule has 0 saturated heterocycles. The van der Waals surface area contributed by atoms with Crippen molar-refractivity contribution < 1.29 is 23.9 Å². The van der Waals surface area contributed by atoms with Gasteiger partial charge in [0.05, 0.1) is 6.61 Å². The van der Waals surface area contributed by atoms with Crippen LogP contribution in [0.4, 0.5) is 10.5 Å². The molecule has 0 aliphatic carbocycles. The Morgan fingerprint density at radius 1 is 1.00 bits per heavy atom. The lowest BCUT2D eigenvalue weighted by Crippen LogP contribution is -2.37. The minimum absolute atomic E-state index is 0.103. The number of imide groups is 1. The highest BCUT2D eigenvalue weighted by molar-refractivity contribution is 6.01. The second-order valence-corrected chi connectivity index (χ2v) is 6.50. The summed E-state index contributed by atoms with van der Waals surface area (Å²) in [5, 5.41) is 4.70. The molecular formula is C22H26N2O5. The third-order valence-corrected chi connectivity index (χ3v) is 4.25. The summed E-state index contributed by atoms with van der Waals surface area (Å²) in [5.74, 6) is -0.501. The van der Waals surface area contributed by atoms with Crippen LogP contribution in [0.3, 0.4) is 0 Å². The molecule has 0 aliphatic rings. The summed E-state index contributed by atoms with van der Waals surface area (Å²) >= 11 is 0. The summed E-state index contributed by atoms with van der Waals surface area (Å²) in [6.07, 6.45) is 0.538. The number of aryl methyl sites for hydroxylation is 3. The van der Waals surface area contributed by atoms with Crippen LogP contribution in [0.1, 0.15) is 30.0 Å². The summed E-state index contributed by atoms with van der Waals surface area (Å²) in [5.41, 5.74) is 3.59. The van der Waals surface area contributed by atoms with Crippen LogP contribution in [0.15, 0.2) is 42.5 Å². The van der Waals surface area contributed by atoms with E-state index in [0.29, 0.717) is 18.7 Å². The standard InChI is InChI=1S/C22H26N2O5/c1-4-28-19-8-6-5-7-17(19)10-12-21(26)29-14-20(25)24-22(27)23-18-11-9-15(2)16(3)13-18/h5-9,11,13H,4,10,12,14H2,1-3H3,(H2,23,24,25,27). The van der Waals surface area contributed by atoms with Gasteiger partial charge in [0, 0.05) is 12.1 Å². The Labute approximate surface area is 170 Å². The highest BCUT2D eigenvalue weighted by Crippen LogP contribution is 2.19. The lowest BCUT2D eigenvalue weighted by Gasteiger charge is -2.10. The Morgan fingerprint density at radius 3 is 2.48 bits per heavy atom. The number of anilines is 1. The fourth-order valence-electron chi connectivity index (χ4n) is 2.61. The van der Waals surface area contributed by atoms with Gasteiger partial charge in [-0.05, 0) is 62.1 Å². The van der Waals surface area contributed by atoms with E-state index >= 15 is 0 Å². The fourth-order valence-corrected chi connectivity index (χ4v) is 2.61. The lowest BCUT2D eigenvalue weighted by atomic mass is 10.1. The van der Waals surface area contributed by atoms with Crippen molar-refractivity contribution in [3.05, 3.63) is 59.2 Å². The van der Waals surface area contributed by atoms with E-state index in [1.165, 1.54) is 0 Å². The minimum atomic E-state index is -0.700. The Balaban J connectivity index is 1.73. The number of amides is 3. The molecule has 0 fully saturated rings. The smallest absolute Gasteiger partial charge is 0.325 e. The normalized spacial score (nSPS) is 10.2. The maximum Gasteiger partial charge on any atom is 0.325 e. The van der Waals surface area contributed by atoms with Crippen LogP contribution in [0.5, 0.6) is 5.75 Å². The zero-order valence-corrected chi connectivity index (χ0v) is 16.9. The van der Waals surface area contributed by atoms with E-state index in [9.17, 15) is 14.4 Å². The van der Waals surface area contributed by atoms with Crippen LogP contribution < -0.4 is 15.4 Å². The third kappa shape index (κ3) is 7.29. The number of hydrogen-bond donors (Lipinski definition) is 2. The maximum atomic E-state index is 11.9. The summed E-state index contributed by atoms with van der Waals surface area (Å²) < 4.78 is 10.5. The number of urea groups is 1. The van der Waals surface area contributed by atoms with E-state index in [0.717, 1.165) is 22.4 Å². The molecule has 2 aromatic rings. The largest absolute Gasteiger partial charge is 0.494 e. The van der Waals surface area contributed by atoms with Crippen molar-refractivity contribution in [1.29, 1.82) is 0 Å². The van der Waals surface area contributed by atoms with Gasteiger partial charge in [-0.15, -0.1) is 0 Å². The van der Waals surface area contributed by atoms with Crippen molar-refractivity contribution in [2.75, 3.05) is 18.5 Å². The van der Waals surface area contributed by atoms with E-state index in [2.05, 4.69) is 10.6 Å². The van der Waals surface area contributed by atoms with Crippen molar-refractivity contribution in [2.45, 2.75) is 33.6 Å². The highest BCUT2D eigenvalue weighted by Gasteiger charge is 2.12. The van der Waals surface area contributed by atoms with Crippen LogP contribution in [0.2, 0.25) is 0 Å². The van der Waals surface area contributed by atoms with Crippen molar-refractivity contribution in [3.63, 3.8) is 0 Å². The number of hydrogen-bond acceptors (Lipinski definition) is 5. The number of carbonyl (C=O) groups is 3. The van der Waals surface area contributed by atoms with Gasteiger partial charge in [0.25, 0.3) is 5.91 Å². The molecule has 2 N–H and O–H groups in total. The summed E-state index contributed by atoms with van der Waals surface area (Å²) in [6, 6.07) is 12.2. The molecule has 0 bridgehead atoms. The van der Waals surface area contributed by atoms with Crippen molar-refractivity contribution in [3.8, 4) is 5.75 Å². The van der Waals surface area contributed by atoms with Gasteiger partial charge < -0.3 is 14.8 Å². The number of benzene rings is 2. The summed E-state index contributed by atoms with van der Waals surface area (Å²) in [7, 11) is 0. The third-order valence-electron chi connectivity index (χ3n) is 4.25. The fraction of sp³-hybridized carbons (Fsp3) is 0.318. The summed E-state index contributed by atoms with van der Waals surface area (Å²) in [6.45, 7) is 5.79. The molecule has 154 valence electrons. The Kier molecular flexibility index (Phi) is 8.21.